The van der Waals surface area contributed by atoms with E-state index in [1.807, 2.05) is 18.3 Å². The Morgan fingerprint density at radius 1 is 1.47 bits per heavy atom. The predicted octanol–water partition coefficient (Wildman–Crippen LogP) is 1.30. The fraction of sp³-hybridized carbons (Fsp3) is 0.615. The highest BCUT2D eigenvalue weighted by Crippen LogP contribution is 2.35. The molecule has 1 aliphatic heterocycles. The number of hydrogen-bond donors (Lipinski definition) is 2. The molecule has 92 valence electrons. The van der Waals surface area contributed by atoms with Crippen LogP contribution in [0.3, 0.4) is 0 Å². The Bertz CT molecular complexity index is 403. The first-order chi connectivity index (χ1) is 8.34. The fourth-order valence-electron chi connectivity index (χ4n) is 2.49. The summed E-state index contributed by atoms with van der Waals surface area (Å²) in [4.78, 5) is 12.1. The van der Waals surface area contributed by atoms with E-state index in [4.69, 9.17) is 0 Å². The smallest absolute Gasteiger partial charge is 0.267 e. The van der Waals surface area contributed by atoms with Gasteiger partial charge in [-0.2, -0.15) is 0 Å². The second-order valence-electron chi connectivity index (χ2n) is 5.04. The average molecular weight is 233 g/mol. The molecule has 2 aliphatic rings. The minimum atomic E-state index is 0.0654. The van der Waals surface area contributed by atoms with Crippen LogP contribution in [0.5, 0.6) is 0 Å². The van der Waals surface area contributed by atoms with Crippen molar-refractivity contribution in [1.82, 2.24) is 15.2 Å². The van der Waals surface area contributed by atoms with Gasteiger partial charge in [-0.15, -0.1) is 0 Å². The number of nitrogens with zero attached hydrogens (tertiary/aromatic N) is 1. The van der Waals surface area contributed by atoms with Crippen molar-refractivity contribution >= 4 is 5.91 Å². The minimum absolute atomic E-state index is 0.0654. The molecule has 1 aromatic heterocycles. The first-order valence-electron chi connectivity index (χ1n) is 6.53. The van der Waals surface area contributed by atoms with Gasteiger partial charge in [-0.25, -0.2) is 0 Å². The lowest BCUT2D eigenvalue weighted by Gasteiger charge is -2.12. The third-order valence-corrected chi connectivity index (χ3v) is 3.62. The van der Waals surface area contributed by atoms with E-state index in [0.29, 0.717) is 12.1 Å². The maximum atomic E-state index is 12.1. The summed E-state index contributed by atoms with van der Waals surface area (Å²) in [6.07, 6.45) is 6.82. The third kappa shape index (κ3) is 2.36. The second kappa shape index (κ2) is 4.53. The van der Waals surface area contributed by atoms with E-state index in [9.17, 15) is 4.79 Å². The van der Waals surface area contributed by atoms with Gasteiger partial charge in [0.15, 0.2) is 0 Å². The fourth-order valence-corrected chi connectivity index (χ4v) is 2.49. The molecule has 1 aromatic rings. The molecule has 0 aromatic carbocycles. The van der Waals surface area contributed by atoms with Crippen molar-refractivity contribution < 1.29 is 4.79 Å². The van der Waals surface area contributed by atoms with Gasteiger partial charge in [0.25, 0.3) is 5.91 Å². The van der Waals surface area contributed by atoms with Crippen LogP contribution >= 0.6 is 0 Å². The molecule has 4 heteroatoms. The van der Waals surface area contributed by atoms with Gasteiger partial charge in [0.05, 0.1) is 0 Å². The zero-order valence-corrected chi connectivity index (χ0v) is 9.98. The average Bonchev–Trinajstić information content (AvgIpc) is 2.88. The lowest BCUT2D eigenvalue weighted by Crippen LogP contribution is -2.37. The van der Waals surface area contributed by atoms with Crippen LogP contribution in [0.4, 0.5) is 0 Å². The van der Waals surface area contributed by atoms with Gasteiger partial charge in [0.1, 0.15) is 5.69 Å². The van der Waals surface area contributed by atoms with Gasteiger partial charge in [-0.1, -0.05) is 0 Å². The summed E-state index contributed by atoms with van der Waals surface area (Å²) in [5.41, 5.74) is 0.811. The molecule has 2 N–H and O–H groups in total. The van der Waals surface area contributed by atoms with Gasteiger partial charge >= 0.3 is 0 Å². The molecule has 1 unspecified atom stereocenters. The van der Waals surface area contributed by atoms with Crippen LogP contribution in [0.2, 0.25) is 0 Å². The molecule has 0 radical (unpaired) electrons. The molecule has 3 rings (SSSR count). The highest BCUT2D eigenvalue weighted by atomic mass is 16.1. The van der Waals surface area contributed by atoms with E-state index in [2.05, 4.69) is 15.2 Å². The van der Waals surface area contributed by atoms with Crippen molar-refractivity contribution in [2.45, 2.75) is 37.8 Å². The summed E-state index contributed by atoms with van der Waals surface area (Å²) in [5.74, 6) is 0.0654. The summed E-state index contributed by atoms with van der Waals surface area (Å²) in [7, 11) is 0. The van der Waals surface area contributed by atoms with Gasteiger partial charge in [0.2, 0.25) is 0 Å². The van der Waals surface area contributed by atoms with E-state index in [-0.39, 0.29) is 5.91 Å². The highest BCUT2D eigenvalue weighted by molar-refractivity contribution is 5.92. The lowest BCUT2D eigenvalue weighted by atomic mass is 10.2. The van der Waals surface area contributed by atoms with Gasteiger partial charge in [-0.05, 0) is 44.4 Å². The Balaban J connectivity index is 1.58. The topological polar surface area (TPSA) is 46.1 Å². The first kappa shape index (κ1) is 10.8. The van der Waals surface area contributed by atoms with Gasteiger partial charge < -0.3 is 15.2 Å². The predicted molar refractivity (Wildman–Crippen MR) is 66.1 cm³/mol. The number of nitrogens with one attached hydrogen (secondary N) is 2. The van der Waals surface area contributed by atoms with Crippen molar-refractivity contribution in [2.75, 3.05) is 13.1 Å². The Hall–Kier alpha value is -1.29. The van der Waals surface area contributed by atoms with Crippen molar-refractivity contribution in [3.63, 3.8) is 0 Å². The van der Waals surface area contributed by atoms with Crippen LogP contribution in [0, 0.1) is 0 Å². The number of amides is 1. The van der Waals surface area contributed by atoms with Crippen molar-refractivity contribution in [1.29, 1.82) is 0 Å². The van der Waals surface area contributed by atoms with E-state index in [1.54, 1.807) is 0 Å². The third-order valence-electron chi connectivity index (χ3n) is 3.62. The Kier molecular flexibility index (Phi) is 2.89. The van der Waals surface area contributed by atoms with Crippen LogP contribution < -0.4 is 10.6 Å². The molecule has 2 heterocycles. The molecule has 0 bridgehead atoms. The van der Waals surface area contributed by atoms with Gasteiger partial charge in [0, 0.05) is 24.8 Å². The molecule has 1 saturated heterocycles. The summed E-state index contributed by atoms with van der Waals surface area (Å²) < 4.78 is 2.11. The normalized spacial score (nSPS) is 23.9. The van der Waals surface area contributed by atoms with Crippen LogP contribution in [0.25, 0.3) is 0 Å². The SMILES string of the molecule is O=C(NCC1CCCN1)c1cccn1C1CC1. The number of carbonyl (C=O) groups excluding carboxylic acids is 1. The lowest BCUT2D eigenvalue weighted by molar-refractivity contribution is 0.0941. The number of aromatic nitrogens is 1. The molecule has 17 heavy (non-hydrogen) atoms. The summed E-state index contributed by atoms with van der Waals surface area (Å²) in [6.45, 7) is 1.83. The Morgan fingerprint density at radius 2 is 2.35 bits per heavy atom. The minimum Gasteiger partial charge on any atom is -0.349 e. The standard InChI is InChI=1S/C13H19N3O/c17-13(15-9-10-3-1-7-14-10)12-4-2-8-16(12)11-5-6-11/h2,4,8,10-11,14H,1,3,5-7,9H2,(H,15,17). The largest absolute Gasteiger partial charge is 0.349 e. The molecular formula is C13H19N3O. The molecule has 4 nitrogen and oxygen atoms in total. The maximum Gasteiger partial charge on any atom is 0.267 e. The summed E-state index contributed by atoms with van der Waals surface area (Å²) >= 11 is 0. The van der Waals surface area contributed by atoms with E-state index < -0.39 is 0 Å². The number of carbonyl (C=O) groups is 1. The molecule has 1 aliphatic carbocycles. The maximum absolute atomic E-state index is 12.1. The van der Waals surface area contributed by atoms with Crippen molar-refractivity contribution in [3.8, 4) is 0 Å². The quantitative estimate of drug-likeness (QED) is 0.823. The molecule has 1 amide bonds. The summed E-state index contributed by atoms with van der Waals surface area (Å²) in [6, 6.07) is 4.90. The molecule has 1 atom stereocenters. The van der Waals surface area contributed by atoms with E-state index >= 15 is 0 Å². The van der Waals surface area contributed by atoms with E-state index in [0.717, 1.165) is 18.8 Å². The van der Waals surface area contributed by atoms with Crippen LogP contribution in [0.15, 0.2) is 18.3 Å². The zero-order chi connectivity index (χ0) is 11.7. The second-order valence-corrected chi connectivity index (χ2v) is 5.04. The number of rotatable bonds is 4. The van der Waals surface area contributed by atoms with Crippen molar-refractivity contribution in [2.24, 2.45) is 0 Å². The van der Waals surface area contributed by atoms with Crippen LogP contribution in [-0.4, -0.2) is 29.6 Å². The summed E-state index contributed by atoms with van der Waals surface area (Å²) in [5, 5.41) is 6.41. The molecule has 2 fully saturated rings. The van der Waals surface area contributed by atoms with Gasteiger partial charge in [-0.3, -0.25) is 4.79 Å². The van der Waals surface area contributed by atoms with Crippen LogP contribution in [-0.2, 0) is 0 Å². The monoisotopic (exact) mass is 233 g/mol. The zero-order valence-electron chi connectivity index (χ0n) is 9.98. The van der Waals surface area contributed by atoms with Crippen LogP contribution in [0.1, 0.15) is 42.2 Å². The molecule has 0 spiro atoms. The Morgan fingerprint density at radius 3 is 3.06 bits per heavy atom. The van der Waals surface area contributed by atoms with Crippen molar-refractivity contribution in [3.05, 3.63) is 24.0 Å². The Labute approximate surface area is 101 Å². The molecular weight excluding hydrogens is 214 g/mol. The molecule has 1 saturated carbocycles. The highest BCUT2D eigenvalue weighted by Gasteiger charge is 2.26. The number of hydrogen-bond acceptors (Lipinski definition) is 2. The van der Waals surface area contributed by atoms with E-state index in [1.165, 1.54) is 25.7 Å². The first-order valence-corrected chi connectivity index (χ1v) is 6.53.